The minimum atomic E-state index is -2.31. The lowest BCUT2D eigenvalue weighted by Crippen LogP contribution is -2.54. The second kappa shape index (κ2) is 16.2. The standard InChI is InChI=1S/C49H56N2O6S3Si/c1-7-9-11-13-21-61(22-14-12-10-8-2)35-26-31(23-30(28-50)46(52)53)58-44(35)45-36(61)27-34(59-45)43-41-40(55-19-20-56-41)42(60-43)32-24-29-25-33-38-37(39(29)57-47(32)54)49(5,6)16-18-51(38)17-15-48(33,3)4/h23-27H,7-22H2,1-6H3,(H,52,53)/b30-23-. The first-order chi connectivity index (χ1) is 29.3. The molecular weight excluding hydrogens is 837 g/mol. The highest BCUT2D eigenvalue weighted by Gasteiger charge is 2.48. The van der Waals surface area contributed by atoms with Gasteiger partial charge in [0.2, 0.25) is 0 Å². The molecule has 0 amide bonds. The van der Waals surface area contributed by atoms with E-state index in [0.29, 0.717) is 35.9 Å². The maximum Gasteiger partial charge on any atom is 0.346 e. The van der Waals surface area contributed by atoms with Crippen LogP contribution in [0.2, 0.25) is 12.1 Å². The van der Waals surface area contributed by atoms with Crippen LogP contribution in [0.25, 0.3) is 47.0 Å². The molecule has 0 radical (unpaired) electrons. The second-order valence-electron chi connectivity index (χ2n) is 18.8. The molecule has 4 aliphatic rings. The van der Waals surface area contributed by atoms with E-state index in [9.17, 15) is 20.0 Å². The second-order valence-corrected chi connectivity index (χ2v) is 26.2. The summed E-state index contributed by atoms with van der Waals surface area (Å²) in [5.74, 6) is 0.103. The van der Waals surface area contributed by atoms with Crippen molar-refractivity contribution in [3.05, 3.63) is 56.3 Å². The Morgan fingerprint density at radius 1 is 0.836 bits per heavy atom. The van der Waals surface area contributed by atoms with Gasteiger partial charge in [-0.25, -0.2) is 9.59 Å². The van der Waals surface area contributed by atoms with Gasteiger partial charge in [0.25, 0.3) is 0 Å². The summed E-state index contributed by atoms with van der Waals surface area (Å²) in [5, 5.41) is 23.3. The number of anilines is 1. The fourth-order valence-electron chi connectivity index (χ4n) is 10.4. The number of nitriles is 1. The number of carboxylic acids is 1. The summed E-state index contributed by atoms with van der Waals surface area (Å²) < 4.78 is 19.4. The molecule has 0 bridgehead atoms. The van der Waals surface area contributed by atoms with Crippen molar-refractivity contribution in [2.75, 3.05) is 31.2 Å². The van der Waals surface area contributed by atoms with Crippen molar-refractivity contribution in [3.63, 3.8) is 0 Å². The highest BCUT2D eigenvalue weighted by molar-refractivity contribution is 7.32. The maximum atomic E-state index is 14.4. The van der Waals surface area contributed by atoms with Gasteiger partial charge in [-0.1, -0.05) is 92.9 Å². The van der Waals surface area contributed by atoms with Crippen LogP contribution in [0.15, 0.2) is 39.1 Å². The number of benzene rings is 1. The Balaban J connectivity index is 1.20. The minimum Gasteiger partial charge on any atom is -0.485 e. The third kappa shape index (κ3) is 7.12. The zero-order chi connectivity index (χ0) is 42.8. The number of aliphatic carboxylic acids is 1. The van der Waals surface area contributed by atoms with Crippen molar-refractivity contribution in [1.29, 1.82) is 5.26 Å². The molecule has 0 unspecified atom stereocenters. The Bertz CT molecular complexity index is 2680. The number of nitrogens with zero attached hydrogens (tertiary/aromatic N) is 2. The number of unbranched alkanes of at least 4 members (excludes halogenated alkanes) is 6. The van der Waals surface area contributed by atoms with Crippen LogP contribution < -0.4 is 30.4 Å². The van der Waals surface area contributed by atoms with Crippen LogP contribution in [0.5, 0.6) is 11.5 Å². The van der Waals surface area contributed by atoms with E-state index in [-0.39, 0.29) is 22.0 Å². The SMILES string of the molecule is CCCCCC[Si]1(CCCCCC)c2cc(/C=C(/C#N)C(=O)O)sc2-c2sc(-c3sc(-c4cc5cc6c7c(c5oc4=O)C(C)(C)CCN7CCC6(C)C)c4c3OCCO4)cc21. The zero-order valence-electron chi connectivity index (χ0n) is 36.3. The smallest absolute Gasteiger partial charge is 0.346 e. The van der Waals surface area contributed by atoms with Gasteiger partial charge in [0.1, 0.15) is 38.5 Å². The van der Waals surface area contributed by atoms with Crippen LogP contribution in [0.1, 0.15) is 122 Å². The number of carboxylic acid groups (broad SMARTS) is 1. The quantitative estimate of drug-likeness (QED) is 0.0386. The summed E-state index contributed by atoms with van der Waals surface area (Å²) in [6, 6.07) is 13.2. The zero-order valence-corrected chi connectivity index (χ0v) is 39.8. The first-order valence-corrected chi connectivity index (χ1v) is 27.2. The first kappa shape index (κ1) is 42.2. The normalized spacial score (nSPS) is 17.9. The summed E-state index contributed by atoms with van der Waals surface area (Å²) in [6.07, 6.45) is 13.1. The molecule has 1 N–H and O–H groups in total. The molecule has 4 aromatic heterocycles. The topological polar surface area (TPSA) is 113 Å². The molecule has 320 valence electrons. The van der Waals surface area contributed by atoms with Crippen LogP contribution in [0, 0.1) is 11.3 Å². The predicted octanol–water partition coefficient (Wildman–Crippen LogP) is 11.9. The van der Waals surface area contributed by atoms with Gasteiger partial charge in [0.05, 0.1) is 15.3 Å². The van der Waals surface area contributed by atoms with Crippen molar-refractivity contribution in [2.24, 2.45) is 0 Å². The molecule has 0 aliphatic carbocycles. The molecule has 4 aliphatic heterocycles. The Hall–Kier alpha value is -4.15. The van der Waals surface area contributed by atoms with Gasteiger partial charge in [-0.15, -0.1) is 34.0 Å². The molecule has 0 saturated heterocycles. The van der Waals surface area contributed by atoms with Crippen LogP contribution in [0.4, 0.5) is 5.69 Å². The molecule has 8 heterocycles. The lowest BCUT2D eigenvalue weighted by Gasteiger charge is -2.48. The maximum absolute atomic E-state index is 14.4. The Morgan fingerprint density at radius 3 is 2.13 bits per heavy atom. The number of thiophene rings is 3. The average molecular weight is 893 g/mol. The monoisotopic (exact) mass is 892 g/mol. The van der Waals surface area contributed by atoms with E-state index >= 15 is 0 Å². The third-order valence-corrected chi connectivity index (χ3v) is 23.2. The molecule has 1 aromatic carbocycles. The fraction of sp³-hybridized carbons (Fsp3) is 0.490. The summed E-state index contributed by atoms with van der Waals surface area (Å²) in [5.41, 5.74) is 4.17. The Kier molecular flexibility index (Phi) is 11.2. The van der Waals surface area contributed by atoms with Crippen molar-refractivity contribution in [3.8, 4) is 47.5 Å². The largest absolute Gasteiger partial charge is 0.485 e. The van der Waals surface area contributed by atoms with E-state index in [0.717, 1.165) is 81.3 Å². The summed E-state index contributed by atoms with van der Waals surface area (Å²) in [6.45, 7) is 16.6. The third-order valence-electron chi connectivity index (χ3n) is 13.9. The molecule has 9 rings (SSSR count). The van der Waals surface area contributed by atoms with Crippen molar-refractivity contribution < 1.29 is 23.8 Å². The number of fused-ring (bicyclic) bond motifs is 6. The van der Waals surface area contributed by atoms with E-state index in [4.69, 9.17) is 13.9 Å². The molecule has 61 heavy (non-hydrogen) atoms. The van der Waals surface area contributed by atoms with Gasteiger partial charge in [-0.2, -0.15) is 5.26 Å². The van der Waals surface area contributed by atoms with Crippen molar-refractivity contribution >= 4 is 81.2 Å². The van der Waals surface area contributed by atoms with Crippen molar-refractivity contribution in [2.45, 2.75) is 129 Å². The highest BCUT2D eigenvalue weighted by Crippen LogP contribution is 2.57. The number of carbonyl (C=O) groups is 1. The first-order valence-electron chi connectivity index (χ1n) is 22.3. The Morgan fingerprint density at radius 2 is 1.48 bits per heavy atom. The van der Waals surface area contributed by atoms with Gasteiger partial charge in [-0.05, 0) is 82.0 Å². The number of hydrogen-bond acceptors (Lipinski definition) is 10. The number of hydrogen-bond donors (Lipinski definition) is 1. The molecular formula is C49H56N2O6S3Si. The molecule has 5 aromatic rings. The Labute approximate surface area is 371 Å². The van der Waals surface area contributed by atoms with Crippen LogP contribution >= 0.6 is 34.0 Å². The van der Waals surface area contributed by atoms with Crippen molar-refractivity contribution in [1.82, 2.24) is 0 Å². The molecule has 0 spiro atoms. The molecule has 12 heteroatoms. The molecule has 0 fully saturated rings. The van der Waals surface area contributed by atoms with Gasteiger partial charge >= 0.3 is 11.6 Å². The van der Waals surface area contributed by atoms with E-state index in [2.05, 4.69) is 64.6 Å². The molecule has 0 saturated carbocycles. The minimum absolute atomic E-state index is 0.0113. The van der Waals surface area contributed by atoms with Crippen LogP contribution in [-0.4, -0.2) is 45.5 Å². The highest BCUT2D eigenvalue weighted by atomic mass is 32.1. The van der Waals surface area contributed by atoms with Gasteiger partial charge in [0, 0.05) is 49.2 Å². The summed E-state index contributed by atoms with van der Waals surface area (Å²) in [4.78, 5) is 35.0. The van der Waals surface area contributed by atoms with Crippen LogP contribution in [0.3, 0.4) is 0 Å². The number of rotatable bonds is 14. The van der Waals surface area contributed by atoms with Crippen LogP contribution in [-0.2, 0) is 15.6 Å². The fourth-order valence-corrected chi connectivity index (χ4v) is 21.1. The lowest BCUT2D eigenvalue weighted by molar-refractivity contribution is -0.132. The van der Waals surface area contributed by atoms with E-state index in [1.165, 1.54) is 69.9 Å². The molecule has 0 atom stereocenters. The molecule has 8 nitrogen and oxygen atoms in total. The summed E-state index contributed by atoms with van der Waals surface area (Å²) >= 11 is 4.96. The van der Waals surface area contributed by atoms with E-state index in [1.807, 2.05) is 12.1 Å². The van der Waals surface area contributed by atoms with Gasteiger partial charge in [-0.3, -0.25) is 0 Å². The summed E-state index contributed by atoms with van der Waals surface area (Å²) in [7, 11) is -2.31. The predicted molar refractivity (Wildman–Crippen MR) is 255 cm³/mol. The average Bonchev–Trinajstić information content (AvgIpc) is 4.00. The van der Waals surface area contributed by atoms with Gasteiger partial charge < -0.3 is 23.9 Å². The number of ether oxygens (including phenoxy) is 2. The van der Waals surface area contributed by atoms with E-state index in [1.54, 1.807) is 40.1 Å². The van der Waals surface area contributed by atoms with Gasteiger partial charge in [0.15, 0.2) is 11.5 Å². The lowest BCUT2D eigenvalue weighted by atomic mass is 9.69. The van der Waals surface area contributed by atoms with E-state index < -0.39 is 14.0 Å².